The van der Waals surface area contributed by atoms with Crippen LogP contribution < -0.4 is 5.32 Å². The Morgan fingerprint density at radius 1 is 1.12 bits per heavy atom. The highest BCUT2D eigenvalue weighted by molar-refractivity contribution is 5.98. The number of ether oxygens (including phenoxy) is 1. The number of rotatable bonds is 6. The van der Waals surface area contributed by atoms with E-state index in [9.17, 15) is 9.59 Å². The molecule has 132 valence electrons. The van der Waals surface area contributed by atoms with Gasteiger partial charge >= 0.3 is 5.97 Å². The van der Waals surface area contributed by atoms with E-state index in [0.29, 0.717) is 17.7 Å². The number of benzene rings is 2. The lowest BCUT2D eigenvalue weighted by molar-refractivity contribution is 0.0600. The summed E-state index contributed by atoms with van der Waals surface area (Å²) in [6.07, 6.45) is 3.05. The van der Waals surface area contributed by atoms with Gasteiger partial charge in [0.05, 0.1) is 25.3 Å². The van der Waals surface area contributed by atoms with Gasteiger partial charge in [0.2, 0.25) is 0 Å². The molecule has 1 N–H and O–H groups in total. The summed E-state index contributed by atoms with van der Waals surface area (Å²) in [5.41, 5.74) is 1.65. The zero-order valence-corrected chi connectivity index (χ0v) is 14.2. The van der Waals surface area contributed by atoms with Crippen molar-refractivity contribution < 1.29 is 14.3 Å². The second-order valence-electron chi connectivity index (χ2n) is 5.63. The van der Waals surface area contributed by atoms with Crippen LogP contribution in [0.2, 0.25) is 0 Å². The summed E-state index contributed by atoms with van der Waals surface area (Å²) in [7, 11) is 1.30. The van der Waals surface area contributed by atoms with Crippen molar-refractivity contribution in [3.8, 4) is 0 Å². The van der Waals surface area contributed by atoms with Crippen LogP contribution in [0.4, 0.5) is 0 Å². The minimum absolute atomic E-state index is 0.287. The third-order valence-electron chi connectivity index (χ3n) is 3.89. The smallest absolute Gasteiger partial charge is 0.337 e. The van der Waals surface area contributed by atoms with Gasteiger partial charge in [0.1, 0.15) is 12.7 Å². The molecule has 7 nitrogen and oxygen atoms in total. The van der Waals surface area contributed by atoms with E-state index in [2.05, 4.69) is 15.4 Å². The number of esters is 1. The highest BCUT2D eigenvalue weighted by Crippen LogP contribution is 2.16. The van der Waals surface area contributed by atoms with Gasteiger partial charge in [-0.2, -0.15) is 5.10 Å². The van der Waals surface area contributed by atoms with Crippen molar-refractivity contribution in [2.24, 2.45) is 0 Å². The van der Waals surface area contributed by atoms with E-state index in [1.54, 1.807) is 29.2 Å². The number of carbonyl (C=O) groups is 2. The Labute approximate surface area is 150 Å². The van der Waals surface area contributed by atoms with E-state index in [4.69, 9.17) is 4.74 Å². The SMILES string of the molecule is COC(=O)c1cccc(C(=O)NC(Cn2cncn2)c2ccccc2)c1. The first-order chi connectivity index (χ1) is 12.7. The summed E-state index contributed by atoms with van der Waals surface area (Å²) in [5.74, 6) is -0.772. The Hall–Kier alpha value is -3.48. The van der Waals surface area contributed by atoms with Crippen molar-refractivity contribution in [2.75, 3.05) is 7.11 Å². The van der Waals surface area contributed by atoms with E-state index in [-0.39, 0.29) is 11.9 Å². The predicted octanol–water partition coefficient (Wildman–Crippen LogP) is 2.24. The molecule has 0 bridgehead atoms. The van der Waals surface area contributed by atoms with Crippen LogP contribution in [-0.2, 0) is 11.3 Å². The van der Waals surface area contributed by atoms with E-state index < -0.39 is 5.97 Å². The average molecular weight is 350 g/mol. The molecule has 0 aliphatic carbocycles. The molecule has 0 aliphatic rings. The monoisotopic (exact) mass is 350 g/mol. The maximum Gasteiger partial charge on any atom is 0.337 e. The number of carbonyl (C=O) groups excluding carboxylic acids is 2. The highest BCUT2D eigenvalue weighted by Gasteiger charge is 2.18. The van der Waals surface area contributed by atoms with Gasteiger partial charge in [0.25, 0.3) is 5.91 Å². The van der Waals surface area contributed by atoms with Gasteiger partial charge in [-0.05, 0) is 23.8 Å². The van der Waals surface area contributed by atoms with Crippen LogP contribution in [0.25, 0.3) is 0 Å². The molecule has 1 heterocycles. The summed E-state index contributed by atoms with van der Waals surface area (Å²) in [6.45, 7) is 0.437. The topological polar surface area (TPSA) is 86.1 Å². The molecule has 1 amide bonds. The Bertz CT molecular complexity index is 879. The summed E-state index contributed by atoms with van der Waals surface area (Å²) >= 11 is 0. The van der Waals surface area contributed by atoms with Crippen molar-refractivity contribution >= 4 is 11.9 Å². The summed E-state index contributed by atoms with van der Waals surface area (Å²) in [4.78, 5) is 28.3. The Morgan fingerprint density at radius 2 is 1.88 bits per heavy atom. The Morgan fingerprint density at radius 3 is 2.58 bits per heavy atom. The van der Waals surface area contributed by atoms with Gasteiger partial charge in [-0.1, -0.05) is 36.4 Å². The second-order valence-corrected chi connectivity index (χ2v) is 5.63. The lowest BCUT2D eigenvalue weighted by atomic mass is 10.1. The molecular weight excluding hydrogens is 332 g/mol. The first kappa shape index (κ1) is 17.3. The standard InChI is InChI=1S/C19H18N4O3/c1-26-19(25)16-9-5-8-15(10-16)18(24)22-17(11-23-13-20-12-21-23)14-6-3-2-4-7-14/h2-10,12-13,17H,11H2,1H3,(H,22,24). The first-order valence-corrected chi connectivity index (χ1v) is 8.04. The summed E-state index contributed by atoms with van der Waals surface area (Å²) in [5, 5.41) is 7.10. The van der Waals surface area contributed by atoms with Gasteiger partial charge in [-0.3, -0.25) is 9.48 Å². The molecule has 7 heteroatoms. The molecule has 3 aromatic rings. The molecule has 2 aromatic carbocycles. The molecule has 1 atom stereocenters. The lowest BCUT2D eigenvalue weighted by Gasteiger charge is -2.19. The van der Waals surface area contributed by atoms with Crippen molar-refractivity contribution in [3.63, 3.8) is 0 Å². The Balaban J connectivity index is 1.82. The number of aromatic nitrogens is 3. The van der Waals surface area contributed by atoms with Crippen molar-refractivity contribution in [3.05, 3.63) is 83.9 Å². The first-order valence-electron chi connectivity index (χ1n) is 8.04. The molecule has 0 aliphatic heterocycles. The fourth-order valence-corrected chi connectivity index (χ4v) is 2.58. The van der Waals surface area contributed by atoms with E-state index >= 15 is 0 Å². The lowest BCUT2D eigenvalue weighted by Crippen LogP contribution is -2.31. The van der Waals surface area contributed by atoms with Crippen molar-refractivity contribution in [1.82, 2.24) is 20.1 Å². The van der Waals surface area contributed by atoms with Gasteiger partial charge < -0.3 is 10.1 Å². The average Bonchev–Trinajstić information content (AvgIpc) is 3.20. The fourth-order valence-electron chi connectivity index (χ4n) is 2.58. The zero-order valence-electron chi connectivity index (χ0n) is 14.2. The van der Waals surface area contributed by atoms with Gasteiger partial charge in [0.15, 0.2) is 0 Å². The van der Waals surface area contributed by atoms with E-state index in [0.717, 1.165) is 5.56 Å². The van der Waals surface area contributed by atoms with Crippen molar-refractivity contribution in [1.29, 1.82) is 0 Å². The van der Waals surface area contributed by atoms with Crippen LogP contribution in [-0.4, -0.2) is 33.8 Å². The molecule has 3 rings (SSSR count). The molecule has 0 fully saturated rings. The quantitative estimate of drug-likeness (QED) is 0.689. The maximum atomic E-state index is 12.7. The molecular formula is C19H18N4O3. The molecule has 0 saturated carbocycles. The molecule has 0 radical (unpaired) electrons. The maximum absolute atomic E-state index is 12.7. The normalized spacial score (nSPS) is 11.6. The fraction of sp³-hybridized carbons (Fsp3) is 0.158. The predicted molar refractivity (Wildman–Crippen MR) is 94.5 cm³/mol. The zero-order chi connectivity index (χ0) is 18.4. The van der Waals surface area contributed by atoms with Crippen LogP contribution in [0, 0.1) is 0 Å². The van der Waals surface area contributed by atoms with E-state index in [1.807, 2.05) is 30.3 Å². The number of hydrogen-bond acceptors (Lipinski definition) is 5. The summed E-state index contributed by atoms with van der Waals surface area (Å²) in [6, 6.07) is 15.7. The third kappa shape index (κ3) is 4.13. The Kier molecular flexibility index (Phi) is 5.38. The minimum Gasteiger partial charge on any atom is -0.465 e. The van der Waals surface area contributed by atoms with Gasteiger partial charge in [0, 0.05) is 5.56 Å². The van der Waals surface area contributed by atoms with E-state index in [1.165, 1.54) is 19.5 Å². The van der Waals surface area contributed by atoms with Crippen LogP contribution in [0.1, 0.15) is 32.3 Å². The largest absolute Gasteiger partial charge is 0.465 e. The molecule has 1 aromatic heterocycles. The summed E-state index contributed by atoms with van der Waals surface area (Å²) < 4.78 is 6.36. The molecule has 26 heavy (non-hydrogen) atoms. The molecule has 0 spiro atoms. The highest BCUT2D eigenvalue weighted by atomic mass is 16.5. The van der Waals surface area contributed by atoms with Gasteiger partial charge in [-0.15, -0.1) is 0 Å². The minimum atomic E-state index is -0.484. The van der Waals surface area contributed by atoms with Crippen LogP contribution >= 0.6 is 0 Å². The third-order valence-corrected chi connectivity index (χ3v) is 3.89. The number of nitrogens with zero attached hydrogens (tertiary/aromatic N) is 3. The number of hydrogen-bond donors (Lipinski definition) is 1. The number of methoxy groups -OCH3 is 1. The number of amides is 1. The number of nitrogens with one attached hydrogen (secondary N) is 1. The molecule has 0 saturated heterocycles. The van der Waals surface area contributed by atoms with Crippen molar-refractivity contribution in [2.45, 2.75) is 12.6 Å². The molecule has 1 unspecified atom stereocenters. The van der Waals surface area contributed by atoms with Crippen LogP contribution in [0.15, 0.2) is 67.3 Å². The van der Waals surface area contributed by atoms with Crippen LogP contribution in [0.5, 0.6) is 0 Å². The van der Waals surface area contributed by atoms with Crippen LogP contribution in [0.3, 0.4) is 0 Å². The van der Waals surface area contributed by atoms with Gasteiger partial charge in [-0.25, -0.2) is 9.78 Å². The second kappa shape index (κ2) is 8.06.